The number of nitrogens with one attached hydrogen (secondary N) is 1. The average molecular weight is 257 g/mol. The Kier molecular flexibility index (Phi) is 2.59. The maximum absolute atomic E-state index is 10.6. The van der Waals surface area contributed by atoms with Gasteiger partial charge in [0.05, 0.1) is 0 Å². The molecule has 1 aromatic rings. The highest BCUT2D eigenvalue weighted by molar-refractivity contribution is 7.81. The lowest BCUT2D eigenvalue weighted by Gasteiger charge is -2.24. The zero-order chi connectivity index (χ0) is 12.8. The number of hydrogen-bond acceptors (Lipinski definition) is 4. The van der Waals surface area contributed by atoms with E-state index in [9.17, 15) is 8.42 Å². The summed E-state index contributed by atoms with van der Waals surface area (Å²) in [7, 11) is -4.47. The first-order chi connectivity index (χ1) is 7.70. The van der Waals surface area contributed by atoms with Gasteiger partial charge in [0.2, 0.25) is 0 Å². The van der Waals surface area contributed by atoms with Gasteiger partial charge in [-0.3, -0.25) is 4.55 Å². The van der Waals surface area contributed by atoms with Crippen LogP contribution in [0.25, 0.3) is 0 Å². The lowest BCUT2D eigenvalue weighted by atomic mass is 9.81. The van der Waals surface area contributed by atoms with Gasteiger partial charge in [0.15, 0.2) is 0 Å². The van der Waals surface area contributed by atoms with E-state index in [0.717, 1.165) is 11.3 Å². The molecule has 0 amide bonds. The summed E-state index contributed by atoms with van der Waals surface area (Å²) in [6, 6.07) is 5.15. The Morgan fingerprint density at radius 1 is 1.41 bits per heavy atom. The number of hydrogen-bond donors (Lipinski definition) is 2. The summed E-state index contributed by atoms with van der Waals surface area (Å²) >= 11 is 0. The van der Waals surface area contributed by atoms with Crippen LogP contribution in [-0.2, 0) is 15.8 Å². The highest BCUT2D eigenvalue weighted by atomic mass is 32.3. The predicted octanol–water partition coefficient (Wildman–Crippen LogP) is 1.96. The van der Waals surface area contributed by atoms with Crippen LogP contribution in [-0.4, -0.2) is 19.0 Å². The van der Waals surface area contributed by atoms with E-state index in [1.807, 2.05) is 0 Å². The van der Waals surface area contributed by atoms with Crippen LogP contribution in [0.2, 0.25) is 0 Å². The van der Waals surface area contributed by atoms with Gasteiger partial charge in [-0.2, -0.15) is 8.42 Å². The molecule has 17 heavy (non-hydrogen) atoms. The molecule has 0 radical (unpaired) electrons. The molecule has 1 heterocycles. The van der Waals surface area contributed by atoms with Crippen LogP contribution >= 0.6 is 0 Å². The molecule has 2 rings (SSSR count). The summed E-state index contributed by atoms with van der Waals surface area (Å²) in [5.74, 6) is 0.121. The number of benzene rings is 1. The number of fused-ring (bicyclic) bond motifs is 1. The van der Waals surface area contributed by atoms with Gasteiger partial charge < -0.3 is 9.50 Å². The second-order valence-electron chi connectivity index (χ2n) is 4.81. The normalized spacial score (nSPS) is 21.8. The van der Waals surface area contributed by atoms with Gasteiger partial charge in [0.25, 0.3) is 0 Å². The van der Waals surface area contributed by atoms with Crippen LogP contribution in [0.1, 0.15) is 26.3 Å². The first-order valence-electron chi connectivity index (χ1n) is 5.28. The molecule has 0 fully saturated rings. The van der Waals surface area contributed by atoms with Gasteiger partial charge in [0, 0.05) is 17.1 Å². The Hall–Kier alpha value is -1.27. The minimum atomic E-state index is -4.47. The first-order valence-corrected chi connectivity index (χ1v) is 6.64. The van der Waals surface area contributed by atoms with Crippen LogP contribution < -0.4 is 9.50 Å². The van der Waals surface area contributed by atoms with Crippen molar-refractivity contribution in [1.82, 2.24) is 0 Å². The molecule has 1 aliphatic rings. The molecule has 94 valence electrons. The topological polar surface area (TPSA) is 75.6 Å². The van der Waals surface area contributed by atoms with E-state index in [0.29, 0.717) is 0 Å². The smallest absolute Gasteiger partial charge is 0.381 e. The highest BCUT2D eigenvalue weighted by Gasteiger charge is 2.36. The summed E-state index contributed by atoms with van der Waals surface area (Å²) in [5.41, 5.74) is 1.82. The summed E-state index contributed by atoms with van der Waals surface area (Å²) in [5, 5.41) is 3.31. The van der Waals surface area contributed by atoms with Crippen molar-refractivity contribution in [3.63, 3.8) is 0 Å². The summed E-state index contributed by atoms with van der Waals surface area (Å²) < 4.78 is 34.4. The van der Waals surface area contributed by atoms with Crippen molar-refractivity contribution in [2.45, 2.75) is 32.2 Å². The van der Waals surface area contributed by atoms with Gasteiger partial charge in [-0.25, -0.2) is 0 Å². The van der Waals surface area contributed by atoms with Gasteiger partial charge in [-0.1, -0.05) is 13.8 Å². The zero-order valence-electron chi connectivity index (χ0n) is 9.89. The van der Waals surface area contributed by atoms with Gasteiger partial charge >= 0.3 is 10.4 Å². The average Bonchev–Trinajstić information content (AvgIpc) is 2.37. The molecular weight excluding hydrogens is 242 g/mol. The number of rotatable bonds is 2. The SMILES string of the molecule is CC1Nc2ccc(OS(=O)(=O)O)cc2C1(C)C. The molecule has 1 atom stereocenters. The van der Waals surface area contributed by atoms with Gasteiger partial charge in [-0.05, 0) is 30.7 Å². The molecule has 0 aliphatic carbocycles. The van der Waals surface area contributed by atoms with Crippen molar-refractivity contribution < 1.29 is 17.2 Å². The van der Waals surface area contributed by atoms with E-state index in [1.165, 1.54) is 6.07 Å². The third-order valence-electron chi connectivity index (χ3n) is 3.34. The van der Waals surface area contributed by atoms with E-state index < -0.39 is 10.4 Å². The molecule has 0 spiro atoms. The lowest BCUT2D eigenvalue weighted by Crippen LogP contribution is -2.29. The zero-order valence-corrected chi connectivity index (χ0v) is 10.7. The molecule has 6 heteroatoms. The van der Waals surface area contributed by atoms with Crippen molar-refractivity contribution >= 4 is 16.1 Å². The minimum Gasteiger partial charge on any atom is -0.381 e. The Balaban J connectivity index is 2.42. The fraction of sp³-hybridized carbons (Fsp3) is 0.455. The van der Waals surface area contributed by atoms with Crippen molar-refractivity contribution in [3.8, 4) is 5.75 Å². The molecule has 0 aromatic heterocycles. The Bertz CT molecular complexity index is 551. The van der Waals surface area contributed by atoms with Crippen molar-refractivity contribution in [1.29, 1.82) is 0 Å². The van der Waals surface area contributed by atoms with Crippen LogP contribution in [0.3, 0.4) is 0 Å². The predicted molar refractivity (Wildman–Crippen MR) is 64.7 cm³/mol. The largest absolute Gasteiger partial charge is 0.446 e. The monoisotopic (exact) mass is 257 g/mol. The lowest BCUT2D eigenvalue weighted by molar-refractivity contribution is 0.386. The molecular formula is C11H15NO4S. The molecule has 2 N–H and O–H groups in total. The second-order valence-corrected chi connectivity index (χ2v) is 5.83. The maximum Gasteiger partial charge on any atom is 0.446 e. The molecule has 5 nitrogen and oxygen atoms in total. The minimum absolute atomic E-state index is 0.117. The van der Waals surface area contributed by atoms with E-state index in [-0.39, 0.29) is 17.2 Å². The van der Waals surface area contributed by atoms with Gasteiger partial charge in [0.1, 0.15) is 5.75 Å². The molecule has 1 aliphatic heterocycles. The van der Waals surface area contributed by atoms with Crippen LogP contribution in [0, 0.1) is 0 Å². The van der Waals surface area contributed by atoms with Crippen LogP contribution in [0.15, 0.2) is 18.2 Å². The molecule has 1 unspecified atom stereocenters. The number of anilines is 1. The van der Waals surface area contributed by atoms with E-state index >= 15 is 0 Å². The Morgan fingerprint density at radius 2 is 2.06 bits per heavy atom. The quantitative estimate of drug-likeness (QED) is 0.792. The van der Waals surface area contributed by atoms with E-state index in [1.54, 1.807) is 12.1 Å². The summed E-state index contributed by atoms with van der Waals surface area (Å²) in [6.07, 6.45) is 0. The van der Waals surface area contributed by atoms with E-state index in [4.69, 9.17) is 4.55 Å². The van der Waals surface area contributed by atoms with Crippen LogP contribution in [0.4, 0.5) is 5.69 Å². The van der Waals surface area contributed by atoms with Crippen molar-refractivity contribution in [2.24, 2.45) is 0 Å². The van der Waals surface area contributed by atoms with Crippen LogP contribution in [0.5, 0.6) is 5.75 Å². The first kappa shape index (κ1) is 12.2. The van der Waals surface area contributed by atoms with Gasteiger partial charge in [-0.15, -0.1) is 0 Å². The maximum atomic E-state index is 10.6. The second kappa shape index (κ2) is 3.61. The fourth-order valence-electron chi connectivity index (χ4n) is 2.00. The standard InChI is InChI=1S/C11H15NO4S/c1-7-11(2,3)9-6-8(16-17(13,14)15)4-5-10(9)12-7/h4-7,12H,1-3H3,(H,13,14,15). The van der Waals surface area contributed by atoms with Crippen molar-refractivity contribution in [3.05, 3.63) is 23.8 Å². The third kappa shape index (κ3) is 2.23. The highest BCUT2D eigenvalue weighted by Crippen LogP contribution is 2.42. The molecule has 0 saturated heterocycles. The Morgan fingerprint density at radius 3 is 2.65 bits per heavy atom. The summed E-state index contributed by atoms with van der Waals surface area (Å²) in [4.78, 5) is 0. The Labute approximate surface area is 101 Å². The van der Waals surface area contributed by atoms with Crippen molar-refractivity contribution in [2.75, 3.05) is 5.32 Å². The molecule has 0 bridgehead atoms. The molecule has 0 saturated carbocycles. The molecule has 1 aromatic carbocycles. The fourth-order valence-corrected chi connectivity index (χ4v) is 2.35. The van der Waals surface area contributed by atoms with E-state index in [2.05, 4.69) is 30.3 Å². The summed E-state index contributed by atoms with van der Waals surface area (Å²) in [6.45, 7) is 6.19. The third-order valence-corrected chi connectivity index (χ3v) is 3.74.